The van der Waals surface area contributed by atoms with Crippen LogP contribution < -0.4 is 30.0 Å². The number of nitrogens with two attached hydrogens (primary N) is 1. The average molecular weight is 414 g/mol. The molecule has 2 aromatic rings. The van der Waals surface area contributed by atoms with Gasteiger partial charge < -0.3 is 30.0 Å². The first-order chi connectivity index (χ1) is 14.6. The third kappa shape index (κ3) is 5.72. The average Bonchev–Trinajstić information content (AvgIpc) is 3.29. The standard InChI is InChI=1S/C23H31N3O4/c1-27-19-10-9-17(21(13-19)30-18-6-4-5-7-18)15-26-23(24)25-14-16-8-11-20(28-2)22(12-16)29-3/h8-13,18H,4-7,14-15H2,1-3H3,(H3,24,25,26). The minimum atomic E-state index is 0.270. The topological polar surface area (TPSA) is 87.3 Å². The lowest BCUT2D eigenvalue weighted by Gasteiger charge is -2.18. The molecule has 7 nitrogen and oxygen atoms in total. The van der Waals surface area contributed by atoms with Gasteiger partial charge in [-0.15, -0.1) is 0 Å². The summed E-state index contributed by atoms with van der Waals surface area (Å²) >= 11 is 0. The van der Waals surface area contributed by atoms with Crippen molar-refractivity contribution in [3.05, 3.63) is 47.5 Å². The molecule has 0 heterocycles. The van der Waals surface area contributed by atoms with Crippen LogP contribution in [0.1, 0.15) is 36.8 Å². The van der Waals surface area contributed by atoms with E-state index in [4.69, 9.17) is 24.7 Å². The summed E-state index contributed by atoms with van der Waals surface area (Å²) in [5.41, 5.74) is 8.08. The second kappa shape index (κ2) is 10.6. The maximum atomic E-state index is 6.23. The molecule has 1 aliphatic carbocycles. The molecule has 1 saturated carbocycles. The summed E-state index contributed by atoms with van der Waals surface area (Å²) < 4.78 is 22.2. The Hall–Kier alpha value is -3.09. The van der Waals surface area contributed by atoms with Crippen LogP contribution in [0.25, 0.3) is 0 Å². The Morgan fingerprint density at radius 2 is 1.73 bits per heavy atom. The van der Waals surface area contributed by atoms with Gasteiger partial charge in [0.2, 0.25) is 0 Å². The van der Waals surface area contributed by atoms with E-state index in [1.54, 1.807) is 21.3 Å². The van der Waals surface area contributed by atoms with Crippen molar-refractivity contribution in [2.24, 2.45) is 10.7 Å². The molecular formula is C23H31N3O4. The van der Waals surface area contributed by atoms with E-state index in [-0.39, 0.29) is 6.10 Å². The molecular weight excluding hydrogens is 382 g/mol. The number of aliphatic imine (C=N–C) groups is 1. The molecule has 0 amide bonds. The van der Waals surface area contributed by atoms with Crippen molar-refractivity contribution in [2.45, 2.75) is 44.9 Å². The Morgan fingerprint density at radius 1 is 0.967 bits per heavy atom. The maximum absolute atomic E-state index is 6.23. The van der Waals surface area contributed by atoms with Crippen LogP contribution >= 0.6 is 0 Å². The van der Waals surface area contributed by atoms with Crippen LogP contribution in [0.4, 0.5) is 0 Å². The fraction of sp³-hybridized carbons (Fsp3) is 0.435. The summed E-state index contributed by atoms with van der Waals surface area (Å²) in [6.07, 6.45) is 4.90. The van der Waals surface area contributed by atoms with Gasteiger partial charge in [-0.3, -0.25) is 0 Å². The lowest BCUT2D eigenvalue weighted by atomic mass is 10.2. The predicted octanol–water partition coefficient (Wildman–Crippen LogP) is 3.64. The SMILES string of the molecule is COc1ccc(CNC(N)=NCc2ccc(OC)c(OC)c2)c(OC2CCCC2)c1. The molecule has 30 heavy (non-hydrogen) atoms. The minimum Gasteiger partial charge on any atom is -0.497 e. The first-order valence-corrected chi connectivity index (χ1v) is 10.2. The van der Waals surface area contributed by atoms with Gasteiger partial charge in [0.1, 0.15) is 11.5 Å². The monoisotopic (exact) mass is 413 g/mol. The fourth-order valence-electron chi connectivity index (χ4n) is 3.50. The van der Waals surface area contributed by atoms with E-state index in [0.29, 0.717) is 30.5 Å². The second-order valence-electron chi connectivity index (χ2n) is 7.24. The van der Waals surface area contributed by atoms with E-state index in [9.17, 15) is 0 Å². The molecule has 2 aromatic carbocycles. The number of hydrogen-bond donors (Lipinski definition) is 2. The van der Waals surface area contributed by atoms with Crippen LogP contribution in [0.15, 0.2) is 41.4 Å². The van der Waals surface area contributed by atoms with Crippen molar-refractivity contribution in [3.63, 3.8) is 0 Å². The lowest BCUT2D eigenvalue weighted by Crippen LogP contribution is -2.31. The van der Waals surface area contributed by atoms with Gasteiger partial charge in [-0.25, -0.2) is 4.99 Å². The highest BCUT2D eigenvalue weighted by Gasteiger charge is 2.18. The number of nitrogens with one attached hydrogen (secondary N) is 1. The third-order valence-electron chi connectivity index (χ3n) is 5.21. The summed E-state index contributed by atoms with van der Waals surface area (Å²) in [4.78, 5) is 4.43. The van der Waals surface area contributed by atoms with Crippen molar-refractivity contribution in [3.8, 4) is 23.0 Å². The van der Waals surface area contributed by atoms with E-state index < -0.39 is 0 Å². The third-order valence-corrected chi connectivity index (χ3v) is 5.21. The quantitative estimate of drug-likeness (QED) is 0.482. The Labute approximate surface area is 178 Å². The zero-order valence-electron chi connectivity index (χ0n) is 17.9. The molecule has 0 spiro atoms. The fourth-order valence-corrected chi connectivity index (χ4v) is 3.50. The molecule has 0 bridgehead atoms. The molecule has 1 fully saturated rings. The molecule has 3 N–H and O–H groups in total. The Kier molecular flexibility index (Phi) is 7.65. The van der Waals surface area contributed by atoms with E-state index in [2.05, 4.69) is 10.3 Å². The molecule has 0 saturated heterocycles. The first kappa shape index (κ1) is 21.6. The van der Waals surface area contributed by atoms with Gasteiger partial charge in [0.15, 0.2) is 17.5 Å². The van der Waals surface area contributed by atoms with E-state index in [0.717, 1.165) is 35.5 Å². The number of guanidine groups is 1. The molecule has 7 heteroatoms. The smallest absolute Gasteiger partial charge is 0.189 e. The Morgan fingerprint density at radius 3 is 2.43 bits per heavy atom. The molecule has 3 rings (SSSR count). The first-order valence-electron chi connectivity index (χ1n) is 10.2. The van der Waals surface area contributed by atoms with Gasteiger partial charge in [0.25, 0.3) is 0 Å². The number of hydrogen-bond acceptors (Lipinski definition) is 5. The van der Waals surface area contributed by atoms with Gasteiger partial charge in [0.05, 0.1) is 34.0 Å². The lowest BCUT2D eigenvalue weighted by molar-refractivity contribution is 0.207. The van der Waals surface area contributed by atoms with Crippen molar-refractivity contribution in [1.29, 1.82) is 0 Å². The molecule has 1 aliphatic rings. The highest BCUT2D eigenvalue weighted by atomic mass is 16.5. The summed E-state index contributed by atoms with van der Waals surface area (Å²) in [6, 6.07) is 11.6. The van der Waals surface area contributed by atoms with Crippen molar-refractivity contribution >= 4 is 5.96 Å². The van der Waals surface area contributed by atoms with E-state index in [1.807, 2.05) is 36.4 Å². The van der Waals surface area contributed by atoms with Crippen molar-refractivity contribution in [1.82, 2.24) is 5.32 Å². The van der Waals surface area contributed by atoms with Crippen LogP contribution in [0, 0.1) is 0 Å². The summed E-state index contributed by atoms with van der Waals surface area (Å²) in [5, 5.41) is 3.17. The van der Waals surface area contributed by atoms with Crippen molar-refractivity contribution in [2.75, 3.05) is 21.3 Å². The van der Waals surface area contributed by atoms with Gasteiger partial charge >= 0.3 is 0 Å². The molecule has 0 aromatic heterocycles. The molecule has 0 unspecified atom stereocenters. The maximum Gasteiger partial charge on any atom is 0.189 e. The number of rotatable bonds is 9. The normalized spacial score (nSPS) is 14.4. The van der Waals surface area contributed by atoms with Crippen molar-refractivity contribution < 1.29 is 18.9 Å². The molecule has 0 atom stereocenters. The van der Waals surface area contributed by atoms with Gasteiger partial charge in [0, 0.05) is 18.2 Å². The molecule has 162 valence electrons. The predicted molar refractivity (Wildman–Crippen MR) is 118 cm³/mol. The highest BCUT2D eigenvalue weighted by molar-refractivity contribution is 5.77. The van der Waals surface area contributed by atoms with Crippen LogP contribution in [-0.2, 0) is 13.1 Å². The zero-order valence-corrected chi connectivity index (χ0v) is 17.9. The van der Waals surface area contributed by atoms with Crippen LogP contribution in [0.5, 0.6) is 23.0 Å². The van der Waals surface area contributed by atoms with Crippen LogP contribution in [0.3, 0.4) is 0 Å². The molecule has 0 radical (unpaired) electrons. The van der Waals surface area contributed by atoms with Gasteiger partial charge in [-0.05, 0) is 55.5 Å². The Bertz CT molecular complexity index is 864. The Balaban J connectivity index is 1.62. The zero-order chi connectivity index (χ0) is 21.3. The second-order valence-corrected chi connectivity index (χ2v) is 7.24. The minimum absolute atomic E-state index is 0.270. The summed E-state index contributed by atoms with van der Waals surface area (Å²) in [7, 11) is 4.88. The number of methoxy groups -OCH3 is 3. The summed E-state index contributed by atoms with van der Waals surface area (Å²) in [6.45, 7) is 0.959. The summed E-state index contributed by atoms with van der Waals surface area (Å²) in [5.74, 6) is 3.34. The number of nitrogens with zero attached hydrogens (tertiary/aromatic N) is 1. The van der Waals surface area contributed by atoms with Crippen LogP contribution in [-0.4, -0.2) is 33.4 Å². The van der Waals surface area contributed by atoms with Gasteiger partial charge in [-0.1, -0.05) is 6.07 Å². The number of benzene rings is 2. The largest absolute Gasteiger partial charge is 0.497 e. The van der Waals surface area contributed by atoms with Crippen LogP contribution in [0.2, 0.25) is 0 Å². The van der Waals surface area contributed by atoms with E-state index in [1.165, 1.54) is 12.8 Å². The van der Waals surface area contributed by atoms with Gasteiger partial charge in [-0.2, -0.15) is 0 Å². The number of ether oxygens (including phenoxy) is 4. The molecule has 0 aliphatic heterocycles. The van der Waals surface area contributed by atoms with E-state index >= 15 is 0 Å². The highest BCUT2D eigenvalue weighted by Crippen LogP contribution is 2.30.